The highest BCUT2D eigenvalue weighted by atomic mass is 19.1. The highest BCUT2D eigenvalue weighted by molar-refractivity contribution is 5.99. The number of benzene rings is 1. The summed E-state index contributed by atoms with van der Waals surface area (Å²) in [6.07, 6.45) is 0.499. The number of carbonyl (C=O) groups excluding carboxylic acids is 1. The van der Waals surface area contributed by atoms with Crippen LogP contribution in [0.2, 0.25) is 0 Å². The van der Waals surface area contributed by atoms with Crippen LogP contribution in [0.3, 0.4) is 0 Å². The maximum absolute atomic E-state index is 12.9. The number of hydrogen-bond donors (Lipinski definition) is 3. The Morgan fingerprint density at radius 3 is 2.79 bits per heavy atom. The van der Waals surface area contributed by atoms with Gasteiger partial charge in [0.1, 0.15) is 5.82 Å². The van der Waals surface area contributed by atoms with Gasteiger partial charge in [-0.05, 0) is 25.1 Å². The van der Waals surface area contributed by atoms with Gasteiger partial charge in [-0.3, -0.25) is 0 Å². The third kappa shape index (κ3) is 4.68. The number of urea groups is 1. The van der Waals surface area contributed by atoms with Crippen molar-refractivity contribution in [2.45, 2.75) is 13.3 Å². The first-order valence-electron chi connectivity index (χ1n) is 5.52. The summed E-state index contributed by atoms with van der Waals surface area (Å²) < 4.78 is 12.9. The molecule has 0 spiro atoms. The first kappa shape index (κ1) is 14.5. The van der Waals surface area contributed by atoms with E-state index < -0.39 is 17.8 Å². The number of carboxylic acid groups (broad SMARTS) is 1. The number of rotatable bonds is 4. The molecule has 0 aromatic heterocycles. The summed E-state index contributed by atoms with van der Waals surface area (Å²) in [6.45, 7) is 2.04. The first-order valence-corrected chi connectivity index (χ1v) is 5.52. The van der Waals surface area contributed by atoms with Gasteiger partial charge in [0, 0.05) is 13.0 Å². The lowest BCUT2D eigenvalue weighted by Gasteiger charge is -2.09. The molecule has 0 bridgehead atoms. The van der Waals surface area contributed by atoms with Crippen LogP contribution in [0.25, 0.3) is 0 Å². The zero-order chi connectivity index (χ0) is 14.3. The van der Waals surface area contributed by atoms with Gasteiger partial charge in [-0.15, -0.1) is 11.8 Å². The van der Waals surface area contributed by atoms with Gasteiger partial charge in [-0.1, -0.05) is 0 Å². The van der Waals surface area contributed by atoms with E-state index in [-0.39, 0.29) is 11.3 Å². The topological polar surface area (TPSA) is 78.4 Å². The van der Waals surface area contributed by atoms with E-state index in [9.17, 15) is 14.0 Å². The molecule has 6 heteroatoms. The summed E-state index contributed by atoms with van der Waals surface area (Å²) in [4.78, 5) is 22.4. The van der Waals surface area contributed by atoms with Crippen LogP contribution in [-0.2, 0) is 0 Å². The number of nitrogens with one attached hydrogen (secondary N) is 2. The van der Waals surface area contributed by atoms with Crippen LogP contribution < -0.4 is 10.6 Å². The Bertz CT molecular complexity index is 547. The zero-order valence-electron chi connectivity index (χ0n) is 10.3. The first-order chi connectivity index (χ1) is 9.04. The van der Waals surface area contributed by atoms with Crippen LogP contribution >= 0.6 is 0 Å². The molecule has 0 aliphatic rings. The molecule has 100 valence electrons. The van der Waals surface area contributed by atoms with Crippen molar-refractivity contribution in [3.8, 4) is 11.8 Å². The van der Waals surface area contributed by atoms with Crippen molar-refractivity contribution in [2.75, 3.05) is 11.9 Å². The van der Waals surface area contributed by atoms with E-state index in [2.05, 4.69) is 22.5 Å². The summed E-state index contributed by atoms with van der Waals surface area (Å²) >= 11 is 0. The molecule has 0 saturated carbocycles. The predicted molar refractivity (Wildman–Crippen MR) is 68.4 cm³/mol. The van der Waals surface area contributed by atoms with Crippen molar-refractivity contribution in [1.82, 2.24) is 5.32 Å². The number of aromatic carboxylic acids is 1. The second-order valence-electron chi connectivity index (χ2n) is 3.55. The summed E-state index contributed by atoms with van der Waals surface area (Å²) in [5, 5.41) is 13.8. The van der Waals surface area contributed by atoms with Gasteiger partial charge >= 0.3 is 12.0 Å². The third-order valence-electron chi connectivity index (χ3n) is 2.17. The Morgan fingerprint density at radius 2 is 2.16 bits per heavy atom. The quantitative estimate of drug-likeness (QED) is 0.575. The van der Waals surface area contributed by atoms with Gasteiger partial charge < -0.3 is 15.7 Å². The molecule has 1 aromatic carbocycles. The minimum Gasteiger partial charge on any atom is -0.478 e. The molecule has 5 nitrogen and oxygen atoms in total. The third-order valence-corrected chi connectivity index (χ3v) is 2.17. The van der Waals surface area contributed by atoms with E-state index in [1.807, 2.05) is 0 Å². The standard InChI is InChI=1S/C13H13FN2O3/c1-2-3-4-7-15-13(19)16-11-6-5-9(14)8-10(11)12(17)18/h5-6,8H,4,7H2,1H3,(H,17,18)(H2,15,16,19). The highest BCUT2D eigenvalue weighted by Crippen LogP contribution is 2.16. The van der Waals surface area contributed by atoms with Crippen molar-refractivity contribution in [3.05, 3.63) is 29.6 Å². The Labute approximate surface area is 109 Å². The minimum atomic E-state index is -1.31. The molecule has 0 unspecified atom stereocenters. The van der Waals surface area contributed by atoms with E-state index in [4.69, 9.17) is 5.11 Å². The normalized spacial score (nSPS) is 9.16. The Kier molecular flexibility index (Phi) is 5.35. The Morgan fingerprint density at radius 1 is 1.42 bits per heavy atom. The number of carbonyl (C=O) groups is 2. The summed E-state index contributed by atoms with van der Waals surface area (Å²) in [7, 11) is 0. The van der Waals surface area contributed by atoms with Gasteiger partial charge in [0.05, 0.1) is 11.3 Å². The van der Waals surface area contributed by atoms with Gasteiger partial charge in [0.25, 0.3) is 0 Å². The summed E-state index contributed by atoms with van der Waals surface area (Å²) in [5.74, 6) is 3.46. The van der Waals surface area contributed by atoms with E-state index >= 15 is 0 Å². The molecule has 0 fully saturated rings. The molecule has 0 heterocycles. The molecule has 19 heavy (non-hydrogen) atoms. The lowest BCUT2D eigenvalue weighted by atomic mass is 10.2. The molecule has 3 N–H and O–H groups in total. The molecule has 1 rings (SSSR count). The van der Waals surface area contributed by atoms with Crippen LogP contribution in [-0.4, -0.2) is 23.7 Å². The Balaban J connectivity index is 2.67. The molecule has 2 amide bonds. The van der Waals surface area contributed by atoms with Crippen LogP contribution in [0.1, 0.15) is 23.7 Å². The second-order valence-corrected chi connectivity index (χ2v) is 3.55. The van der Waals surface area contributed by atoms with E-state index in [0.717, 1.165) is 12.1 Å². The molecule has 0 aliphatic heterocycles. The monoisotopic (exact) mass is 264 g/mol. The van der Waals surface area contributed by atoms with Crippen molar-refractivity contribution >= 4 is 17.7 Å². The maximum Gasteiger partial charge on any atom is 0.337 e. The smallest absolute Gasteiger partial charge is 0.337 e. The number of anilines is 1. The van der Waals surface area contributed by atoms with Crippen LogP contribution in [0.5, 0.6) is 0 Å². The van der Waals surface area contributed by atoms with Crippen molar-refractivity contribution in [1.29, 1.82) is 0 Å². The fourth-order valence-corrected chi connectivity index (χ4v) is 1.33. The number of halogens is 1. The van der Waals surface area contributed by atoms with Crippen LogP contribution in [0, 0.1) is 17.7 Å². The fraction of sp³-hybridized carbons (Fsp3) is 0.231. The summed E-state index contributed by atoms with van der Waals surface area (Å²) in [6, 6.07) is 2.56. The molecular formula is C13H13FN2O3. The molecule has 1 aromatic rings. The largest absolute Gasteiger partial charge is 0.478 e. The molecule has 0 radical (unpaired) electrons. The van der Waals surface area contributed by atoms with Crippen molar-refractivity contribution in [2.24, 2.45) is 0 Å². The zero-order valence-corrected chi connectivity index (χ0v) is 10.3. The summed E-state index contributed by atoms with van der Waals surface area (Å²) in [5.41, 5.74) is -0.267. The molecule has 0 aliphatic carbocycles. The van der Waals surface area contributed by atoms with Gasteiger partial charge in [-0.2, -0.15) is 0 Å². The molecule has 0 atom stereocenters. The lowest BCUT2D eigenvalue weighted by molar-refractivity contribution is 0.0697. The van der Waals surface area contributed by atoms with Gasteiger partial charge in [0.2, 0.25) is 0 Å². The fourth-order valence-electron chi connectivity index (χ4n) is 1.33. The van der Waals surface area contributed by atoms with Crippen LogP contribution in [0.4, 0.5) is 14.9 Å². The highest BCUT2D eigenvalue weighted by Gasteiger charge is 2.13. The Hall–Kier alpha value is -2.55. The predicted octanol–water partition coefficient (Wildman–Crippen LogP) is 2.06. The van der Waals surface area contributed by atoms with E-state index in [1.165, 1.54) is 6.07 Å². The van der Waals surface area contributed by atoms with Gasteiger partial charge in [0.15, 0.2) is 0 Å². The van der Waals surface area contributed by atoms with Gasteiger partial charge in [-0.25, -0.2) is 14.0 Å². The number of hydrogen-bond acceptors (Lipinski definition) is 2. The average Bonchev–Trinajstić information content (AvgIpc) is 2.36. The molecular weight excluding hydrogens is 251 g/mol. The lowest BCUT2D eigenvalue weighted by Crippen LogP contribution is -2.30. The number of carboxylic acids is 1. The van der Waals surface area contributed by atoms with Crippen LogP contribution in [0.15, 0.2) is 18.2 Å². The SMILES string of the molecule is CC#CCCNC(=O)Nc1ccc(F)cc1C(=O)O. The van der Waals surface area contributed by atoms with E-state index in [1.54, 1.807) is 6.92 Å². The van der Waals surface area contributed by atoms with E-state index in [0.29, 0.717) is 13.0 Å². The second kappa shape index (κ2) is 7.01. The molecule has 0 saturated heterocycles. The maximum atomic E-state index is 12.9. The minimum absolute atomic E-state index is 0.0352. The number of amides is 2. The van der Waals surface area contributed by atoms with Crippen molar-refractivity contribution < 1.29 is 19.1 Å². The average molecular weight is 264 g/mol. The van der Waals surface area contributed by atoms with Crippen molar-refractivity contribution in [3.63, 3.8) is 0 Å².